The van der Waals surface area contributed by atoms with Crippen LogP contribution >= 0.6 is 35.6 Å². The molecule has 5 nitrogen and oxygen atoms in total. The summed E-state index contributed by atoms with van der Waals surface area (Å²) in [5.74, 6) is -0.800. The second-order valence-electron chi connectivity index (χ2n) is 6.30. The maximum atomic E-state index is 12.7. The Balaban J connectivity index is 1.74. The van der Waals surface area contributed by atoms with Gasteiger partial charge in [0.2, 0.25) is 0 Å². The molecule has 29 heavy (non-hydrogen) atoms. The minimum atomic E-state index is -1.07. The molecule has 1 N–H and O–H groups in total. The monoisotopic (exact) mass is 447 g/mol. The maximum Gasteiger partial charge on any atom is 0.326 e. The van der Waals surface area contributed by atoms with Crippen LogP contribution in [0.25, 0.3) is 6.08 Å². The minimum absolute atomic E-state index is 0.255. The molecule has 2 aromatic carbocycles. The van der Waals surface area contributed by atoms with Crippen LogP contribution in [0.15, 0.2) is 53.4 Å². The van der Waals surface area contributed by atoms with Crippen molar-refractivity contribution in [2.24, 2.45) is 0 Å². The number of carbonyl (C=O) groups is 2. The van der Waals surface area contributed by atoms with Crippen molar-refractivity contribution in [1.29, 1.82) is 0 Å². The van der Waals surface area contributed by atoms with E-state index in [9.17, 15) is 14.7 Å². The Labute approximate surface area is 183 Å². The van der Waals surface area contributed by atoms with Crippen molar-refractivity contribution in [1.82, 2.24) is 4.90 Å². The summed E-state index contributed by atoms with van der Waals surface area (Å²) in [6.45, 7) is 2.10. The highest BCUT2D eigenvalue weighted by Crippen LogP contribution is 2.35. The number of halogens is 1. The van der Waals surface area contributed by atoms with Gasteiger partial charge in [-0.15, -0.1) is 0 Å². The van der Waals surface area contributed by atoms with E-state index in [1.54, 1.807) is 25.1 Å². The molecule has 0 spiro atoms. The van der Waals surface area contributed by atoms with Crippen LogP contribution in [0.2, 0.25) is 5.02 Å². The summed E-state index contributed by atoms with van der Waals surface area (Å²) in [6, 6.07) is 13.8. The number of carbonyl (C=O) groups excluding carboxylic acids is 1. The Morgan fingerprint density at radius 3 is 2.69 bits per heavy atom. The van der Waals surface area contributed by atoms with Crippen LogP contribution in [0.5, 0.6) is 5.75 Å². The summed E-state index contributed by atoms with van der Waals surface area (Å²) in [5, 5.41) is 10.0. The molecule has 1 aliphatic rings. The van der Waals surface area contributed by atoms with Crippen LogP contribution in [0, 0.1) is 0 Å². The Hall–Kier alpha value is -2.35. The van der Waals surface area contributed by atoms with Gasteiger partial charge in [0, 0.05) is 5.02 Å². The zero-order chi connectivity index (χ0) is 21.0. The van der Waals surface area contributed by atoms with Crippen LogP contribution in [-0.4, -0.2) is 32.2 Å². The van der Waals surface area contributed by atoms with Gasteiger partial charge in [0.25, 0.3) is 5.91 Å². The molecule has 150 valence electrons. The first-order valence-corrected chi connectivity index (χ1v) is 10.5. The second-order valence-corrected chi connectivity index (χ2v) is 8.41. The van der Waals surface area contributed by atoms with Gasteiger partial charge in [-0.1, -0.05) is 66.8 Å². The third-order valence-corrected chi connectivity index (χ3v) is 5.86. The first-order chi connectivity index (χ1) is 13.9. The maximum absolute atomic E-state index is 12.7. The van der Waals surface area contributed by atoms with E-state index >= 15 is 0 Å². The van der Waals surface area contributed by atoms with Gasteiger partial charge in [-0.05, 0) is 47.9 Å². The van der Waals surface area contributed by atoms with Crippen molar-refractivity contribution in [3.8, 4) is 5.75 Å². The number of hydrogen-bond donors (Lipinski definition) is 1. The van der Waals surface area contributed by atoms with Crippen LogP contribution in [-0.2, 0) is 16.2 Å². The van der Waals surface area contributed by atoms with E-state index in [4.69, 9.17) is 28.6 Å². The first kappa shape index (κ1) is 21.4. The molecule has 0 unspecified atom stereocenters. The Bertz CT molecular complexity index is 975. The number of thiocarbonyl (C=S) groups is 1. The Morgan fingerprint density at radius 1 is 1.31 bits per heavy atom. The van der Waals surface area contributed by atoms with Crippen molar-refractivity contribution in [2.75, 3.05) is 0 Å². The predicted octanol–water partition coefficient (Wildman–Crippen LogP) is 4.98. The molecule has 1 aliphatic heterocycles. The summed E-state index contributed by atoms with van der Waals surface area (Å²) in [7, 11) is 0. The molecule has 2 aromatic rings. The van der Waals surface area contributed by atoms with E-state index < -0.39 is 12.0 Å². The molecule has 0 aromatic heterocycles. The topological polar surface area (TPSA) is 66.8 Å². The molecule has 3 rings (SSSR count). The number of benzene rings is 2. The lowest BCUT2D eigenvalue weighted by Crippen LogP contribution is -2.43. The molecular formula is C21H18ClNO4S2. The summed E-state index contributed by atoms with van der Waals surface area (Å²) in [4.78, 5) is 25.7. The van der Waals surface area contributed by atoms with Gasteiger partial charge >= 0.3 is 5.97 Å². The highest BCUT2D eigenvalue weighted by Gasteiger charge is 2.39. The SMILES string of the molecule is CC[C@H](C(=O)O)N1C(=O)/C(=C\c2cccc(OCc3ccc(Cl)cc3)c2)SC1=S. The normalized spacial score (nSPS) is 16.3. The molecule has 0 saturated carbocycles. The summed E-state index contributed by atoms with van der Waals surface area (Å²) < 4.78 is 6.07. The highest BCUT2D eigenvalue weighted by atomic mass is 35.5. The van der Waals surface area contributed by atoms with Crippen molar-refractivity contribution in [2.45, 2.75) is 26.0 Å². The van der Waals surface area contributed by atoms with Gasteiger partial charge in [0.15, 0.2) is 0 Å². The van der Waals surface area contributed by atoms with Crippen LogP contribution in [0.1, 0.15) is 24.5 Å². The van der Waals surface area contributed by atoms with Crippen LogP contribution in [0.4, 0.5) is 0 Å². The average molecular weight is 448 g/mol. The second kappa shape index (κ2) is 9.43. The molecule has 0 radical (unpaired) electrons. The van der Waals surface area contributed by atoms with Crippen molar-refractivity contribution >= 4 is 57.9 Å². The number of amides is 1. The largest absolute Gasteiger partial charge is 0.489 e. The third-order valence-electron chi connectivity index (χ3n) is 4.28. The van der Waals surface area contributed by atoms with Crippen molar-refractivity contribution in [3.05, 3.63) is 69.6 Å². The molecular weight excluding hydrogens is 430 g/mol. The number of carboxylic acid groups (broad SMARTS) is 1. The molecule has 1 amide bonds. The fourth-order valence-corrected chi connectivity index (χ4v) is 4.29. The smallest absolute Gasteiger partial charge is 0.326 e. The lowest BCUT2D eigenvalue weighted by Gasteiger charge is -2.21. The highest BCUT2D eigenvalue weighted by molar-refractivity contribution is 8.26. The predicted molar refractivity (Wildman–Crippen MR) is 119 cm³/mol. The van der Waals surface area contributed by atoms with Crippen molar-refractivity contribution < 1.29 is 19.4 Å². The van der Waals surface area contributed by atoms with Gasteiger partial charge in [0.1, 0.15) is 22.7 Å². The van der Waals surface area contributed by atoms with Gasteiger partial charge in [0.05, 0.1) is 4.91 Å². The first-order valence-electron chi connectivity index (χ1n) is 8.86. The van der Waals surface area contributed by atoms with E-state index in [1.165, 1.54) is 4.90 Å². The zero-order valence-corrected chi connectivity index (χ0v) is 17.9. The van der Waals surface area contributed by atoms with E-state index in [-0.39, 0.29) is 16.6 Å². The standard InChI is InChI=1S/C21H18ClNO4S2/c1-2-17(20(25)26)23-19(24)18(29-21(23)28)11-14-4-3-5-16(10-14)27-12-13-6-8-15(22)9-7-13/h3-11,17H,2,12H2,1H3,(H,25,26)/b18-11+/t17-/m1/s1. The van der Waals surface area contributed by atoms with Crippen LogP contribution < -0.4 is 4.74 Å². The number of hydrogen-bond acceptors (Lipinski definition) is 5. The number of ether oxygens (including phenoxy) is 1. The summed E-state index contributed by atoms with van der Waals surface area (Å²) in [6.07, 6.45) is 1.98. The lowest BCUT2D eigenvalue weighted by atomic mass is 10.1. The van der Waals surface area contributed by atoms with E-state index in [0.29, 0.717) is 22.3 Å². The lowest BCUT2D eigenvalue weighted by molar-refractivity contribution is -0.145. The fraction of sp³-hybridized carbons (Fsp3) is 0.190. The molecule has 1 saturated heterocycles. The van der Waals surface area contributed by atoms with Crippen molar-refractivity contribution in [3.63, 3.8) is 0 Å². The number of aliphatic carboxylic acids is 1. The summed E-state index contributed by atoms with van der Waals surface area (Å²) in [5.41, 5.74) is 1.75. The summed E-state index contributed by atoms with van der Waals surface area (Å²) >= 11 is 12.2. The number of thioether (sulfide) groups is 1. The quantitative estimate of drug-likeness (QED) is 0.476. The zero-order valence-electron chi connectivity index (χ0n) is 15.5. The van der Waals surface area contributed by atoms with Crippen LogP contribution in [0.3, 0.4) is 0 Å². The Morgan fingerprint density at radius 2 is 2.03 bits per heavy atom. The van der Waals surface area contributed by atoms with E-state index in [2.05, 4.69) is 0 Å². The molecule has 0 bridgehead atoms. The fourth-order valence-electron chi connectivity index (χ4n) is 2.81. The molecule has 1 atom stereocenters. The molecule has 0 aliphatic carbocycles. The van der Waals surface area contributed by atoms with E-state index in [1.807, 2.05) is 36.4 Å². The van der Waals surface area contributed by atoms with Gasteiger partial charge in [-0.25, -0.2) is 4.79 Å². The number of carboxylic acids is 1. The van der Waals surface area contributed by atoms with E-state index in [0.717, 1.165) is 22.9 Å². The minimum Gasteiger partial charge on any atom is -0.489 e. The average Bonchev–Trinajstić information content (AvgIpc) is 2.96. The van der Waals surface area contributed by atoms with Gasteiger partial charge in [-0.3, -0.25) is 9.69 Å². The Kier molecular flexibility index (Phi) is 6.95. The van der Waals surface area contributed by atoms with Gasteiger partial charge < -0.3 is 9.84 Å². The molecule has 1 heterocycles. The third kappa shape index (κ3) is 5.18. The number of nitrogens with zero attached hydrogens (tertiary/aromatic N) is 1. The molecule has 8 heteroatoms. The van der Waals surface area contributed by atoms with Gasteiger partial charge in [-0.2, -0.15) is 0 Å². The molecule has 1 fully saturated rings. The number of rotatable bonds is 7.